The molecule has 24 heavy (non-hydrogen) atoms. The number of rotatable bonds is 3. The quantitative estimate of drug-likeness (QED) is 0.784. The summed E-state index contributed by atoms with van der Waals surface area (Å²) in [6.45, 7) is 1.71. The zero-order chi connectivity index (χ0) is 15.6. The molecular formula is C18H15ClFN3O. The number of amidine groups is 1. The van der Waals surface area contributed by atoms with Crippen LogP contribution >= 0.6 is 12.4 Å². The van der Waals surface area contributed by atoms with Gasteiger partial charge in [-0.1, -0.05) is 29.4 Å². The Morgan fingerprint density at radius 1 is 0.917 bits per heavy atom. The molecule has 1 N–H and O–H groups in total. The fourth-order valence-electron chi connectivity index (χ4n) is 2.55. The van der Waals surface area contributed by atoms with Crippen molar-refractivity contribution >= 4 is 18.2 Å². The molecule has 0 radical (unpaired) electrons. The third-order valence-electron chi connectivity index (χ3n) is 3.77. The number of halogens is 2. The Hall–Kier alpha value is -2.66. The Bertz CT molecular complexity index is 857. The topological polar surface area (TPSA) is 50.4 Å². The molecule has 0 aliphatic carbocycles. The Kier molecular flexibility index (Phi) is 4.62. The lowest BCUT2D eigenvalue weighted by Gasteiger charge is -2.02. The van der Waals surface area contributed by atoms with E-state index in [0.717, 1.165) is 35.6 Å². The molecule has 0 spiro atoms. The summed E-state index contributed by atoms with van der Waals surface area (Å²) < 4.78 is 18.4. The van der Waals surface area contributed by atoms with E-state index in [9.17, 15) is 4.39 Å². The van der Waals surface area contributed by atoms with Crippen molar-refractivity contribution in [3.8, 4) is 22.6 Å². The van der Waals surface area contributed by atoms with Crippen LogP contribution in [0.3, 0.4) is 0 Å². The second kappa shape index (κ2) is 6.84. The Labute approximate surface area is 144 Å². The lowest BCUT2D eigenvalue weighted by Crippen LogP contribution is -2.19. The van der Waals surface area contributed by atoms with Crippen LogP contribution in [0.4, 0.5) is 4.39 Å². The van der Waals surface area contributed by atoms with Crippen LogP contribution in [0.25, 0.3) is 22.6 Å². The van der Waals surface area contributed by atoms with Crippen LogP contribution in [0, 0.1) is 5.82 Å². The predicted octanol–water partition coefficient (Wildman–Crippen LogP) is 3.92. The lowest BCUT2D eigenvalue weighted by molar-refractivity contribution is 0.435. The van der Waals surface area contributed by atoms with Crippen LogP contribution < -0.4 is 5.32 Å². The van der Waals surface area contributed by atoms with Crippen molar-refractivity contribution in [2.75, 3.05) is 13.1 Å². The van der Waals surface area contributed by atoms with Gasteiger partial charge in [-0.15, -0.1) is 12.4 Å². The smallest absolute Gasteiger partial charge is 0.167 e. The molecular weight excluding hydrogens is 329 g/mol. The van der Waals surface area contributed by atoms with Crippen LogP contribution in [0.5, 0.6) is 0 Å². The van der Waals surface area contributed by atoms with Gasteiger partial charge in [0.15, 0.2) is 5.76 Å². The van der Waals surface area contributed by atoms with Crippen molar-refractivity contribution in [1.82, 2.24) is 10.5 Å². The monoisotopic (exact) mass is 343 g/mol. The fraction of sp³-hybridized carbons (Fsp3) is 0.111. The molecule has 6 heteroatoms. The van der Waals surface area contributed by atoms with Gasteiger partial charge >= 0.3 is 0 Å². The predicted molar refractivity (Wildman–Crippen MR) is 94.0 cm³/mol. The summed E-state index contributed by atoms with van der Waals surface area (Å²) in [4.78, 5) is 4.40. The molecule has 3 aromatic rings. The summed E-state index contributed by atoms with van der Waals surface area (Å²) >= 11 is 0. The van der Waals surface area contributed by atoms with Gasteiger partial charge in [0.2, 0.25) is 0 Å². The normalized spacial score (nSPS) is 13.1. The number of nitrogens with one attached hydrogen (secondary N) is 1. The zero-order valence-electron chi connectivity index (χ0n) is 12.7. The molecule has 0 atom stereocenters. The molecule has 0 amide bonds. The van der Waals surface area contributed by atoms with E-state index in [1.165, 1.54) is 12.1 Å². The molecule has 2 heterocycles. The van der Waals surface area contributed by atoms with E-state index < -0.39 is 0 Å². The average molecular weight is 344 g/mol. The van der Waals surface area contributed by atoms with Crippen molar-refractivity contribution in [3.63, 3.8) is 0 Å². The van der Waals surface area contributed by atoms with E-state index in [2.05, 4.69) is 15.5 Å². The van der Waals surface area contributed by atoms with Crippen molar-refractivity contribution in [2.24, 2.45) is 4.99 Å². The number of aromatic nitrogens is 1. The van der Waals surface area contributed by atoms with Gasteiger partial charge in [0, 0.05) is 29.3 Å². The van der Waals surface area contributed by atoms with E-state index >= 15 is 0 Å². The molecule has 4 nitrogen and oxygen atoms in total. The van der Waals surface area contributed by atoms with Gasteiger partial charge in [-0.05, 0) is 24.3 Å². The summed E-state index contributed by atoms with van der Waals surface area (Å²) in [6, 6.07) is 16.0. The van der Waals surface area contributed by atoms with E-state index in [0.29, 0.717) is 11.5 Å². The molecule has 1 aromatic heterocycles. The minimum atomic E-state index is -0.267. The van der Waals surface area contributed by atoms with Gasteiger partial charge in [0.05, 0.1) is 6.54 Å². The third-order valence-corrected chi connectivity index (χ3v) is 3.77. The van der Waals surface area contributed by atoms with Crippen LogP contribution in [0.15, 0.2) is 64.1 Å². The van der Waals surface area contributed by atoms with Gasteiger partial charge in [-0.2, -0.15) is 0 Å². The van der Waals surface area contributed by atoms with Crippen LogP contribution in [-0.2, 0) is 0 Å². The molecule has 4 rings (SSSR count). The Balaban J connectivity index is 0.00000169. The molecule has 122 valence electrons. The highest BCUT2D eigenvalue weighted by molar-refractivity contribution is 6.00. The maximum Gasteiger partial charge on any atom is 0.167 e. The molecule has 2 aromatic carbocycles. The first-order chi connectivity index (χ1) is 11.3. The molecule has 0 fully saturated rings. The first kappa shape index (κ1) is 16.2. The number of benzene rings is 2. The SMILES string of the molecule is Cl.Fc1ccc(-c2cc(-c3ccc(C4=NCCN4)cc3)on2)cc1. The Morgan fingerprint density at radius 2 is 1.58 bits per heavy atom. The summed E-state index contributed by atoms with van der Waals surface area (Å²) in [7, 11) is 0. The van der Waals surface area contributed by atoms with Crippen molar-refractivity contribution in [1.29, 1.82) is 0 Å². The van der Waals surface area contributed by atoms with Gasteiger partial charge in [-0.3, -0.25) is 4.99 Å². The highest BCUT2D eigenvalue weighted by Crippen LogP contribution is 2.26. The van der Waals surface area contributed by atoms with E-state index in [1.54, 1.807) is 12.1 Å². The number of hydrogen-bond acceptors (Lipinski definition) is 4. The standard InChI is InChI=1S/C18H14FN3O.ClH/c19-15-7-5-12(6-8-15)16-11-17(23-22-16)13-1-3-14(4-2-13)18-20-9-10-21-18;/h1-8,11H,9-10H2,(H,20,21);1H. The molecule has 0 bridgehead atoms. The van der Waals surface area contributed by atoms with Crippen LogP contribution in [0.1, 0.15) is 5.56 Å². The fourth-order valence-corrected chi connectivity index (χ4v) is 2.55. The van der Waals surface area contributed by atoms with E-state index in [4.69, 9.17) is 4.52 Å². The number of nitrogens with zero attached hydrogens (tertiary/aromatic N) is 2. The van der Waals surface area contributed by atoms with Crippen molar-refractivity contribution < 1.29 is 8.91 Å². The van der Waals surface area contributed by atoms with E-state index in [-0.39, 0.29) is 18.2 Å². The minimum absolute atomic E-state index is 0. The number of aliphatic imine (C=N–C) groups is 1. The molecule has 1 aliphatic heterocycles. The second-order valence-electron chi connectivity index (χ2n) is 5.32. The number of hydrogen-bond donors (Lipinski definition) is 1. The third kappa shape index (κ3) is 3.16. The molecule has 0 saturated carbocycles. The van der Waals surface area contributed by atoms with Gasteiger partial charge in [-0.25, -0.2) is 4.39 Å². The summed E-state index contributed by atoms with van der Waals surface area (Å²) in [5.74, 6) is 1.34. The van der Waals surface area contributed by atoms with Crippen LogP contribution in [0.2, 0.25) is 0 Å². The molecule has 1 aliphatic rings. The maximum absolute atomic E-state index is 13.0. The van der Waals surface area contributed by atoms with Crippen molar-refractivity contribution in [3.05, 3.63) is 66.0 Å². The molecule has 0 saturated heterocycles. The highest BCUT2D eigenvalue weighted by Gasteiger charge is 2.11. The second-order valence-corrected chi connectivity index (χ2v) is 5.32. The summed E-state index contributed by atoms with van der Waals surface area (Å²) in [5, 5.41) is 7.30. The average Bonchev–Trinajstić information content (AvgIpc) is 3.28. The summed E-state index contributed by atoms with van der Waals surface area (Å²) in [6.07, 6.45) is 0. The lowest BCUT2D eigenvalue weighted by atomic mass is 10.1. The van der Waals surface area contributed by atoms with Gasteiger partial charge < -0.3 is 9.84 Å². The van der Waals surface area contributed by atoms with Crippen molar-refractivity contribution in [2.45, 2.75) is 0 Å². The summed E-state index contributed by atoms with van der Waals surface area (Å²) in [5.41, 5.74) is 3.51. The van der Waals surface area contributed by atoms with Gasteiger partial charge in [0.1, 0.15) is 17.3 Å². The van der Waals surface area contributed by atoms with Gasteiger partial charge in [0.25, 0.3) is 0 Å². The maximum atomic E-state index is 13.0. The zero-order valence-corrected chi connectivity index (χ0v) is 13.5. The first-order valence-electron chi connectivity index (χ1n) is 7.41. The minimum Gasteiger partial charge on any atom is -0.368 e. The first-order valence-corrected chi connectivity index (χ1v) is 7.41. The highest BCUT2D eigenvalue weighted by atomic mass is 35.5. The molecule has 0 unspecified atom stereocenters. The van der Waals surface area contributed by atoms with E-state index in [1.807, 2.05) is 30.3 Å². The Morgan fingerprint density at radius 3 is 2.25 bits per heavy atom. The largest absolute Gasteiger partial charge is 0.368 e. The van der Waals surface area contributed by atoms with Crippen LogP contribution in [-0.4, -0.2) is 24.1 Å².